The fraction of sp³-hybridized carbons (Fsp3) is 0.500. The summed E-state index contributed by atoms with van der Waals surface area (Å²) in [5, 5.41) is 1.09. The van der Waals surface area contributed by atoms with Gasteiger partial charge in [-0.2, -0.15) is 0 Å². The van der Waals surface area contributed by atoms with Gasteiger partial charge < -0.3 is 0 Å². The molecule has 0 fully saturated rings. The lowest BCUT2D eigenvalue weighted by molar-refractivity contribution is 0.361. The smallest absolute Gasteiger partial charge is 0.124 e. The average molecular weight is 294 g/mol. The van der Waals surface area contributed by atoms with Crippen LogP contribution < -0.4 is 11.3 Å². The molecule has 0 spiro atoms. The predicted octanol–water partition coefficient (Wildman–Crippen LogP) is 4.62. The number of rotatable bonds is 6. The molecule has 2 aromatic rings. The molecule has 0 saturated carbocycles. The van der Waals surface area contributed by atoms with Gasteiger partial charge in [0.2, 0.25) is 0 Å². The van der Waals surface area contributed by atoms with Crippen molar-refractivity contribution in [3.63, 3.8) is 0 Å². The topological polar surface area (TPSA) is 38.0 Å². The molecule has 2 rings (SSSR count). The van der Waals surface area contributed by atoms with E-state index in [1.54, 1.807) is 17.4 Å². The Bertz CT molecular complexity index is 565. The molecule has 0 radical (unpaired) electrons. The van der Waals surface area contributed by atoms with Crippen molar-refractivity contribution < 1.29 is 4.39 Å². The number of hydrogen-bond donors (Lipinski definition) is 2. The van der Waals surface area contributed by atoms with Crippen LogP contribution in [0.5, 0.6) is 0 Å². The van der Waals surface area contributed by atoms with E-state index in [-0.39, 0.29) is 11.9 Å². The highest BCUT2D eigenvalue weighted by Gasteiger charge is 2.17. The summed E-state index contributed by atoms with van der Waals surface area (Å²) in [4.78, 5) is 1.18. The number of halogens is 1. The summed E-state index contributed by atoms with van der Waals surface area (Å²) in [5.41, 5.74) is 2.91. The molecule has 4 heteroatoms. The first-order valence-electron chi connectivity index (χ1n) is 7.14. The highest BCUT2D eigenvalue weighted by atomic mass is 32.1. The summed E-state index contributed by atoms with van der Waals surface area (Å²) in [6.45, 7) is 6.74. The highest BCUT2D eigenvalue weighted by molar-refractivity contribution is 7.19. The molecular weight excluding hydrogens is 271 g/mol. The second-order valence-electron chi connectivity index (χ2n) is 6.02. The van der Waals surface area contributed by atoms with Crippen LogP contribution in [0.3, 0.4) is 0 Å². The van der Waals surface area contributed by atoms with Crippen molar-refractivity contribution in [3.05, 3.63) is 35.0 Å². The molecule has 3 N–H and O–H groups in total. The molecule has 0 aliphatic carbocycles. The Labute approximate surface area is 124 Å². The molecule has 1 aromatic heterocycles. The Kier molecular flexibility index (Phi) is 5.13. The Morgan fingerprint density at radius 3 is 2.60 bits per heavy atom. The van der Waals surface area contributed by atoms with E-state index in [4.69, 9.17) is 5.84 Å². The molecule has 2 unspecified atom stereocenters. The van der Waals surface area contributed by atoms with Crippen molar-refractivity contribution in [3.8, 4) is 0 Å². The van der Waals surface area contributed by atoms with Crippen molar-refractivity contribution in [2.45, 2.75) is 39.7 Å². The molecule has 1 aromatic carbocycles. The molecule has 110 valence electrons. The Balaban J connectivity index is 2.16. The van der Waals surface area contributed by atoms with E-state index in [0.29, 0.717) is 11.8 Å². The van der Waals surface area contributed by atoms with Crippen molar-refractivity contribution in [1.82, 2.24) is 5.43 Å². The quantitative estimate of drug-likeness (QED) is 0.603. The fourth-order valence-corrected chi connectivity index (χ4v) is 3.93. The van der Waals surface area contributed by atoms with E-state index < -0.39 is 0 Å². The van der Waals surface area contributed by atoms with E-state index in [1.165, 1.54) is 17.4 Å². The van der Waals surface area contributed by atoms with Gasteiger partial charge in [0.1, 0.15) is 5.82 Å². The van der Waals surface area contributed by atoms with E-state index in [0.717, 1.165) is 16.5 Å². The van der Waals surface area contributed by atoms with Crippen molar-refractivity contribution >= 4 is 21.4 Å². The Hall–Kier alpha value is -0.970. The van der Waals surface area contributed by atoms with Gasteiger partial charge in [-0.05, 0) is 48.3 Å². The summed E-state index contributed by atoms with van der Waals surface area (Å²) < 4.78 is 14.2. The first-order valence-corrected chi connectivity index (χ1v) is 7.96. The van der Waals surface area contributed by atoms with Crippen LogP contribution in [0.15, 0.2) is 24.3 Å². The lowest BCUT2D eigenvalue weighted by atomic mass is 9.92. The fourth-order valence-electron chi connectivity index (χ4n) is 2.77. The standard InChI is InChI=1S/C16H23FN2S/c1-10(2)6-11(3)7-14(19-18)16-8-12-4-5-13(17)9-15(12)20-16/h4-5,8-11,14,19H,6-7,18H2,1-3H3. The van der Waals surface area contributed by atoms with Gasteiger partial charge in [-0.25, -0.2) is 4.39 Å². The van der Waals surface area contributed by atoms with Crippen LogP contribution in [0.2, 0.25) is 0 Å². The first-order chi connectivity index (χ1) is 9.49. The monoisotopic (exact) mass is 294 g/mol. The lowest BCUT2D eigenvalue weighted by Gasteiger charge is -2.20. The minimum absolute atomic E-state index is 0.143. The zero-order chi connectivity index (χ0) is 14.7. The van der Waals surface area contributed by atoms with Crippen LogP contribution >= 0.6 is 11.3 Å². The molecular formula is C16H23FN2S. The van der Waals surface area contributed by atoms with Crippen molar-refractivity contribution in [2.75, 3.05) is 0 Å². The van der Waals surface area contributed by atoms with Crippen molar-refractivity contribution in [1.29, 1.82) is 0 Å². The summed E-state index contributed by atoms with van der Waals surface area (Å²) in [6.07, 6.45) is 2.20. The minimum Gasteiger partial charge on any atom is -0.271 e. The largest absolute Gasteiger partial charge is 0.271 e. The van der Waals surface area contributed by atoms with E-state index in [1.807, 2.05) is 6.07 Å². The zero-order valence-electron chi connectivity index (χ0n) is 12.3. The van der Waals surface area contributed by atoms with Gasteiger partial charge in [-0.3, -0.25) is 11.3 Å². The maximum Gasteiger partial charge on any atom is 0.124 e. The predicted molar refractivity (Wildman–Crippen MR) is 85.1 cm³/mol. The van der Waals surface area contributed by atoms with Gasteiger partial charge in [0.25, 0.3) is 0 Å². The van der Waals surface area contributed by atoms with Gasteiger partial charge in [-0.1, -0.05) is 26.8 Å². The van der Waals surface area contributed by atoms with Crippen LogP contribution in [-0.2, 0) is 0 Å². The van der Waals surface area contributed by atoms with Gasteiger partial charge >= 0.3 is 0 Å². The number of fused-ring (bicyclic) bond motifs is 1. The van der Waals surface area contributed by atoms with Gasteiger partial charge in [-0.15, -0.1) is 11.3 Å². The number of nitrogens with two attached hydrogens (primary N) is 1. The third-order valence-electron chi connectivity index (χ3n) is 3.56. The van der Waals surface area contributed by atoms with Crippen LogP contribution in [0.4, 0.5) is 4.39 Å². The number of hydrazine groups is 1. The molecule has 0 aliphatic rings. The molecule has 2 nitrogen and oxygen atoms in total. The Morgan fingerprint density at radius 1 is 1.20 bits per heavy atom. The maximum atomic E-state index is 13.2. The van der Waals surface area contributed by atoms with E-state index >= 15 is 0 Å². The number of nitrogens with one attached hydrogen (secondary N) is 1. The third-order valence-corrected chi connectivity index (χ3v) is 4.77. The SMILES string of the molecule is CC(C)CC(C)CC(NN)c1cc2ccc(F)cc2s1. The molecule has 20 heavy (non-hydrogen) atoms. The van der Waals surface area contributed by atoms with Gasteiger partial charge in [0, 0.05) is 9.58 Å². The van der Waals surface area contributed by atoms with Crippen LogP contribution in [0.25, 0.3) is 10.1 Å². The third kappa shape index (κ3) is 3.78. The van der Waals surface area contributed by atoms with E-state index in [2.05, 4.69) is 32.3 Å². The normalized spacial score (nSPS) is 14.9. The second kappa shape index (κ2) is 6.66. The first kappa shape index (κ1) is 15.4. The van der Waals surface area contributed by atoms with Crippen LogP contribution in [-0.4, -0.2) is 0 Å². The maximum absolute atomic E-state index is 13.2. The van der Waals surface area contributed by atoms with E-state index in [9.17, 15) is 4.39 Å². The Morgan fingerprint density at radius 2 is 1.95 bits per heavy atom. The zero-order valence-corrected chi connectivity index (χ0v) is 13.1. The van der Waals surface area contributed by atoms with Gasteiger partial charge in [0.15, 0.2) is 0 Å². The van der Waals surface area contributed by atoms with Gasteiger partial charge in [0.05, 0.1) is 6.04 Å². The summed E-state index contributed by atoms with van der Waals surface area (Å²) in [7, 11) is 0. The molecule has 0 bridgehead atoms. The number of benzene rings is 1. The molecule has 0 aliphatic heterocycles. The average Bonchev–Trinajstić information content (AvgIpc) is 2.77. The van der Waals surface area contributed by atoms with Crippen LogP contribution in [0, 0.1) is 17.7 Å². The second-order valence-corrected chi connectivity index (χ2v) is 7.14. The summed E-state index contributed by atoms with van der Waals surface area (Å²) in [6, 6.07) is 7.19. The molecule has 1 heterocycles. The van der Waals surface area contributed by atoms with Crippen LogP contribution in [0.1, 0.15) is 44.5 Å². The number of thiophene rings is 1. The summed E-state index contributed by atoms with van der Waals surface area (Å²) in [5.74, 6) is 6.84. The minimum atomic E-state index is -0.184. The summed E-state index contributed by atoms with van der Waals surface area (Å²) >= 11 is 1.62. The van der Waals surface area contributed by atoms with Crippen molar-refractivity contribution in [2.24, 2.45) is 17.7 Å². The molecule has 0 amide bonds. The lowest BCUT2D eigenvalue weighted by Crippen LogP contribution is -2.29. The number of hydrogen-bond acceptors (Lipinski definition) is 3. The highest BCUT2D eigenvalue weighted by Crippen LogP contribution is 2.33. The molecule has 2 atom stereocenters. The molecule has 0 saturated heterocycles.